The van der Waals surface area contributed by atoms with E-state index in [-0.39, 0.29) is 17.5 Å². The van der Waals surface area contributed by atoms with E-state index in [2.05, 4.69) is 4.98 Å². The number of ether oxygens (including phenoxy) is 3. The molecule has 4 rings (SSSR count). The quantitative estimate of drug-likeness (QED) is 0.492. The van der Waals surface area contributed by atoms with Crippen LogP contribution in [0.4, 0.5) is 5.13 Å². The molecule has 8 nitrogen and oxygen atoms in total. The standard InChI is InChI=1S/C22H24N2O6S2/c1-28-15-8-10-17(11-9-15)32(26,27)14-20(25)24(13-16-5-4-12-30-16)22-23-21-18(29-2)6-3-7-19(21)31-22/h3,6-11,16H,4-5,12-14H2,1-2H3. The minimum absolute atomic E-state index is 0.0645. The second kappa shape index (κ2) is 9.43. The maximum atomic E-state index is 13.3. The third kappa shape index (κ3) is 4.72. The first-order chi connectivity index (χ1) is 15.4. The predicted octanol–water partition coefficient (Wildman–Crippen LogP) is 3.30. The van der Waals surface area contributed by atoms with Gasteiger partial charge in [0.1, 0.15) is 22.8 Å². The Kier molecular flexibility index (Phi) is 6.63. The van der Waals surface area contributed by atoms with Gasteiger partial charge in [-0.1, -0.05) is 17.4 Å². The fraction of sp³-hybridized carbons (Fsp3) is 0.364. The minimum atomic E-state index is -3.85. The Morgan fingerprint density at radius 1 is 1.19 bits per heavy atom. The molecule has 1 saturated heterocycles. The molecule has 3 aromatic rings. The van der Waals surface area contributed by atoms with Crippen LogP contribution in [0.1, 0.15) is 12.8 Å². The fourth-order valence-corrected chi connectivity index (χ4v) is 5.79. The Labute approximate surface area is 190 Å². The third-order valence-corrected chi connectivity index (χ3v) is 7.93. The molecule has 1 unspecified atom stereocenters. The van der Waals surface area contributed by atoms with Crippen molar-refractivity contribution in [2.24, 2.45) is 0 Å². The molecule has 1 amide bonds. The lowest BCUT2D eigenvalue weighted by Gasteiger charge is -2.23. The van der Waals surface area contributed by atoms with Gasteiger partial charge < -0.3 is 14.2 Å². The smallest absolute Gasteiger partial charge is 0.244 e. The van der Waals surface area contributed by atoms with Crippen LogP contribution in [0, 0.1) is 0 Å². The number of hydrogen-bond acceptors (Lipinski definition) is 8. The summed E-state index contributed by atoms with van der Waals surface area (Å²) in [6.07, 6.45) is 1.56. The molecule has 170 valence electrons. The summed E-state index contributed by atoms with van der Waals surface area (Å²) < 4.78 is 42.9. The summed E-state index contributed by atoms with van der Waals surface area (Å²) in [7, 11) is -0.786. The fourth-order valence-electron chi connectivity index (χ4n) is 3.58. The van der Waals surface area contributed by atoms with E-state index in [0.717, 1.165) is 17.5 Å². The van der Waals surface area contributed by atoms with Gasteiger partial charge in [-0.25, -0.2) is 13.4 Å². The molecule has 1 aliphatic heterocycles. The summed E-state index contributed by atoms with van der Waals surface area (Å²) >= 11 is 1.32. The average Bonchev–Trinajstić information content (AvgIpc) is 3.46. The van der Waals surface area contributed by atoms with E-state index in [0.29, 0.717) is 28.8 Å². The molecular weight excluding hydrogens is 452 g/mol. The number of hydrogen-bond donors (Lipinski definition) is 0. The summed E-state index contributed by atoms with van der Waals surface area (Å²) in [5.41, 5.74) is 0.637. The molecule has 0 spiro atoms. The van der Waals surface area contributed by atoms with Gasteiger partial charge in [0, 0.05) is 6.61 Å². The van der Waals surface area contributed by atoms with Crippen LogP contribution in [-0.2, 0) is 19.4 Å². The van der Waals surface area contributed by atoms with E-state index in [1.165, 1.54) is 35.5 Å². The van der Waals surface area contributed by atoms with Crippen molar-refractivity contribution in [1.29, 1.82) is 0 Å². The number of anilines is 1. The minimum Gasteiger partial charge on any atom is -0.497 e. The van der Waals surface area contributed by atoms with Crippen LogP contribution in [0.2, 0.25) is 0 Å². The number of rotatable bonds is 8. The number of carbonyl (C=O) groups excluding carboxylic acids is 1. The Bertz CT molecular complexity index is 1200. The van der Waals surface area contributed by atoms with Crippen molar-refractivity contribution < 1.29 is 27.4 Å². The van der Waals surface area contributed by atoms with Crippen molar-refractivity contribution in [3.05, 3.63) is 42.5 Å². The van der Waals surface area contributed by atoms with Gasteiger partial charge in [0.15, 0.2) is 15.0 Å². The monoisotopic (exact) mass is 476 g/mol. The van der Waals surface area contributed by atoms with Crippen LogP contribution < -0.4 is 14.4 Å². The van der Waals surface area contributed by atoms with Gasteiger partial charge >= 0.3 is 0 Å². The summed E-state index contributed by atoms with van der Waals surface area (Å²) in [4.78, 5) is 19.4. The van der Waals surface area contributed by atoms with Gasteiger partial charge in [0.25, 0.3) is 0 Å². The van der Waals surface area contributed by atoms with Crippen molar-refractivity contribution in [3.63, 3.8) is 0 Å². The maximum Gasteiger partial charge on any atom is 0.244 e. The highest BCUT2D eigenvalue weighted by Crippen LogP contribution is 2.35. The number of methoxy groups -OCH3 is 2. The molecule has 32 heavy (non-hydrogen) atoms. The van der Waals surface area contributed by atoms with E-state index in [1.54, 1.807) is 25.3 Å². The van der Waals surface area contributed by atoms with Crippen molar-refractivity contribution >= 4 is 42.4 Å². The first kappa shape index (κ1) is 22.5. The van der Waals surface area contributed by atoms with E-state index in [4.69, 9.17) is 14.2 Å². The number of para-hydroxylation sites is 1. The van der Waals surface area contributed by atoms with Gasteiger partial charge in [0.05, 0.1) is 36.5 Å². The largest absolute Gasteiger partial charge is 0.497 e. The van der Waals surface area contributed by atoms with Crippen molar-refractivity contribution in [3.8, 4) is 11.5 Å². The zero-order valence-electron chi connectivity index (χ0n) is 17.8. The summed E-state index contributed by atoms with van der Waals surface area (Å²) in [5, 5.41) is 0.426. The van der Waals surface area contributed by atoms with Gasteiger partial charge in [-0.3, -0.25) is 9.69 Å². The molecule has 10 heteroatoms. The van der Waals surface area contributed by atoms with Crippen LogP contribution >= 0.6 is 11.3 Å². The first-order valence-corrected chi connectivity index (χ1v) is 12.6. The lowest BCUT2D eigenvalue weighted by atomic mass is 10.2. The van der Waals surface area contributed by atoms with Gasteiger partial charge in [-0.15, -0.1) is 0 Å². The van der Waals surface area contributed by atoms with E-state index in [9.17, 15) is 13.2 Å². The normalized spacial score (nSPS) is 16.2. The molecule has 0 saturated carbocycles. The predicted molar refractivity (Wildman–Crippen MR) is 123 cm³/mol. The van der Waals surface area contributed by atoms with Crippen LogP contribution in [0.3, 0.4) is 0 Å². The maximum absolute atomic E-state index is 13.3. The molecular formula is C22H24N2O6S2. The highest BCUT2D eigenvalue weighted by atomic mass is 32.2. The number of amides is 1. The van der Waals surface area contributed by atoms with E-state index < -0.39 is 21.5 Å². The van der Waals surface area contributed by atoms with Crippen molar-refractivity contribution in [2.75, 3.05) is 38.0 Å². The molecule has 0 aliphatic carbocycles. The number of thiazole rings is 1. The molecule has 0 N–H and O–H groups in total. The van der Waals surface area contributed by atoms with Crippen LogP contribution in [0.5, 0.6) is 11.5 Å². The van der Waals surface area contributed by atoms with Crippen molar-refractivity contribution in [1.82, 2.24) is 4.98 Å². The number of sulfone groups is 1. The molecule has 0 bridgehead atoms. The van der Waals surface area contributed by atoms with Crippen LogP contribution in [0.25, 0.3) is 10.2 Å². The number of benzene rings is 2. The highest BCUT2D eigenvalue weighted by Gasteiger charge is 2.30. The molecule has 0 radical (unpaired) electrons. The molecule has 1 aromatic heterocycles. The number of nitrogens with zero attached hydrogens (tertiary/aromatic N) is 2. The van der Waals surface area contributed by atoms with Crippen molar-refractivity contribution in [2.45, 2.75) is 23.8 Å². The Morgan fingerprint density at radius 3 is 2.62 bits per heavy atom. The Morgan fingerprint density at radius 2 is 1.97 bits per heavy atom. The van der Waals surface area contributed by atoms with Crippen LogP contribution in [0.15, 0.2) is 47.4 Å². The summed E-state index contributed by atoms with van der Waals surface area (Å²) in [6, 6.07) is 11.5. The van der Waals surface area contributed by atoms with E-state index in [1.807, 2.05) is 12.1 Å². The van der Waals surface area contributed by atoms with Crippen LogP contribution in [-0.4, -0.2) is 58.5 Å². The molecule has 1 fully saturated rings. The highest BCUT2D eigenvalue weighted by molar-refractivity contribution is 7.92. The molecule has 1 aliphatic rings. The van der Waals surface area contributed by atoms with Gasteiger partial charge in [-0.05, 0) is 49.2 Å². The number of aromatic nitrogens is 1. The number of carbonyl (C=O) groups is 1. The average molecular weight is 477 g/mol. The summed E-state index contributed by atoms with van der Waals surface area (Å²) in [6.45, 7) is 0.879. The second-order valence-corrected chi connectivity index (χ2v) is 10.4. The number of fused-ring (bicyclic) bond motifs is 1. The van der Waals surface area contributed by atoms with Gasteiger partial charge in [0.2, 0.25) is 5.91 Å². The van der Waals surface area contributed by atoms with Gasteiger partial charge in [-0.2, -0.15) is 0 Å². The molecule has 2 heterocycles. The topological polar surface area (TPSA) is 95.0 Å². The third-order valence-electron chi connectivity index (χ3n) is 5.26. The SMILES string of the molecule is COc1ccc(S(=O)(=O)CC(=O)N(CC2CCCO2)c2nc3c(OC)cccc3s2)cc1. The lowest BCUT2D eigenvalue weighted by molar-refractivity contribution is -0.116. The Balaban J connectivity index is 1.64. The molecule has 1 atom stereocenters. The summed E-state index contributed by atoms with van der Waals surface area (Å²) in [5.74, 6) is -0.0764. The zero-order chi connectivity index (χ0) is 22.7. The lowest BCUT2D eigenvalue weighted by Crippen LogP contribution is -2.40. The zero-order valence-corrected chi connectivity index (χ0v) is 19.4. The van der Waals surface area contributed by atoms with E-state index >= 15 is 0 Å². The Hall–Kier alpha value is -2.69. The first-order valence-electron chi connectivity index (χ1n) is 10.1. The second-order valence-electron chi connectivity index (χ2n) is 7.38. The molecule has 2 aromatic carbocycles.